The first kappa shape index (κ1) is 25.7. The molecule has 0 spiro atoms. The molecule has 0 atom stereocenters. The number of ether oxygens (including phenoxy) is 3. The Labute approximate surface area is 218 Å². The summed E-state index contributed by atoms with van der Waals surface area (Å²) in [6.07, 6.45) is 4.04. The molecule has 3 heterocycles. The second-order valence-electron chi connectivity index (χ2n) is 9.73. The molecule has 0 radical (unpaired) electrons. The maximum absolute atomic E-state index is 13.7. The van der Waals surface area contributed by atoms with E-state index in [-0.39, 0.29) is 25.1 Å². The highest BCUT2D eigenvalue weighted by Gasteiger charge is 2.54. The van der Waals surface area contributed by atoms with E-state index < -0.39 is 28.9 Å². The highest BCUT2D eigenvalue weighted by molar-refractivity contribution is 5.85. The molecule has 5 rings (SSSR count). The third-order valence-corrected chi connectivity index (χ3v) is 6.38. The average molecular weight is 525 g/mol. The molecule has 1 aliphatic heterocycles. The van der Waals surface area contributed by atoms with Gasteiger partial charge in [0.2, 0.25) is 5.95 Å². The van der Waals surface area contributed by atoms with E-state index in [1.807, 2.05) is 6.92 Å². The number of aromatic amines is 1. The summed E-state index contributed by atoms with van der Waals surface area (Å²) < 4.78 is 30.9. The van der Waals surface area contributed by atoms with E-state index in [1.165, 1.54) is 12.1 Å². The lowest BCUT2D eigenvalue weighted by Crippen LogP contribution is -2.56. The summed E-state index contributed by atoms with van der Waals surface area (Å²) >= 11 is 0. The number of amides is 1. The Balaban J connectivity index is 1.53. The number of hydrogen-bond donors (Lipinski definition) is 3. The Morgan fingerprint density at radius 2 is 1.89 bits per heavy atom. The van der Waals surface area contributed by atoms with E-state index in [2.05, 4.69) is 25.3 Å². The van der Waals surface area contributed by atoms with Crippen LogP contribution in [0.1, 0.15) is 38.9 Å². The number of imidazole rings is 1. The van der Waals surface area contributed by atoms with Crippen molar-refractivity contribution in [1.29, 1.82) is 0 Å². The number of nitrogens with two attached hydrogens (primary N) is 1. The van der Waals surface area contributed by atoms with Gasteiger partial charge in [0, 0.05) is 18.3 Å². The molecule has 2 fully saturated rings. The van der Waals surface area contributed by atoms with Gasteiger partial charge >= 0.3 is 11.8 Å². The Bertz CT molecular complexity index is 1330. The maximum Gasteiger partial charge on any atom is 0.316 e. The van der Waals surface area contributed by atoms with Crippen LogP contribution in [-0.2, 0) is 29.6 Å². The van der Waals surface area contributed by atoms with Crippen molar-refractivity contribution in [2.24, 2.45) is 11.1 Å². The second-order valence-corrected chi connectivity index (χ2v) is 9.73. The van der Waals surface area contributed by atoms with Crippen molar-refractivity contribution in [3.8, 4) is 22.6 Å². The molecule has 200 valence electrons. The van der Waals surface area contributed by atoms with Crippen LogP contribution in [0.3, 0.4) is 0 Å². The maximum atomic E-state index is 13.7. The summed E-state index contributed by atoms with van der Waals surface area (Å²) in [5.74, 6) is -3.54. The van der Waals surface area contributed by atoms with Crippen LogP contribution >= 0.6 is 0 Å². The van der Waals surface area contributed by atoms with Crippen LogP contribution in [0.2, 0.25) is 0 Å². The number of carbonyl (C=O) groups excluding carboxylic acids is 2. The number of benzene rings is 1. The van der Waals surface area contributed by atoms with Crippen molar-refractivity contribution < 1.29 is 28.2 Å². The fraction of sp³-hybridized carbons (Fsp3) is 0.423. The predicted molar refractivity (Wildman–Crippen MR) is 134 cm³/mol. The fourth-order valence-electron chi connectivity index (χ4n) is 3.95. The zero-order chi connectivity index (χ0) is 26.9. The second kappa shape index (κ2) is 10.1. The largest absolute Gasteiger partial charge is 0.462 e. The number of H-pyrrole nitrogens is 1. The van der Waals surface area contributed by atoms with Crippen molar-refractivity contribution in [2.45, 2.75) is 45.0 Å². The van der Waals surface area contributed by atoms with Gasteiger partial charge in [-0.3, -0.25) is 9.59 Å². The monoisotopic (exact) mass is 524 g/mol. The lowest BCUT2D eigenvalue weighted by atomic mass is 9.91. The predicted octanol–water partition coefficient (Wildman–Crippen LogP) is 2.89. The normalized spacial score (nSPS) is 23.1. The molecule has 1 aromatic carbocycles. The Morgan fingerprint density at radius 3 is 2.53 bits per heavy atom. The van der Waals surface area contributed by atoms with Gasteiger partial charge in [-0.1, -0.05) is 6.92 Å². The van der Waals surface area contributed by atoms with Gasteiger partial charge in [-0.15, -0.1) is 0 Å². The molecule has 11 nitrogen and oxygen atoms in total. The summed E-state index contributed by atoms with van der Waals surface area (Å²) in [7, 11) is 0. The van der Waals surface area contributed by atoms with Gasteiger partial charge in [0.15, 0.2) is 5.82 Å². The molecule has 1 aliphatic carbocycles. The van der Waals surface area contributed by atoms with Gasteiger partial charge in [0.05, 0.1) is 30.3 Å². The Kier molecular flexibility index (Phi) is 6.84. The average Bonchev–Trinajstić information content (AvgIpc) is 3.62. The molecule has 1 amide bonds. The molecule has 3 aromatic rings. The summed E-state index contributed by atoms with van der Waals surface area (Å²) in [6.45, 7) is 3.99. The highest BCUT2D eigenvalue weighted by atomic mass is 19.1. The molecule has 4 N–H and O–H groups in total. The first-order valence-electron chi connectivity index (χ1n) is 12.5. The van der Waals surface area contributed by atoms with E-state index in [0.29, 0.717) is 35.1 Å². The van der Waals surface area contributed by atoms with Crippen molar-refractivity contribution >= 4 is 17.8 Å². The van der Waals surface area contributed by atoms with E-state index in [0.717, 1.165) is 19.3 Å². The quantitative estimate of drug-likeness (QED) is 0.358. The van der Waals surface area contributed by atoms with Crippen LogP contribution in [0.25, 0.3) is 22.6 Å². The molecular weight excluding hydrogens is 495 g/mol. The Hall–Kier alpha value is -3.90. The molecular formula is C26H29FN6O5. The smallest absolute Gasteiger partial charge is 0.316 e. The third kappa shape index (κ3) is 4.96. The molecule has 2 aromatic heterocycles. The topological polar surface area (TPSA) is 154 Å². The zero-order valence-electron chi connectivity index (χ0n) is 21.1. The number of carbonyl (C=O) groups is 2. The van der Waals surface area contributed by atoms with Crippen LogP contribution in [0.15, 0.2) is 36.5 Å². The van der Waals surface area contributed by atoms with Gasteiger partial charge in [0.25, 0.3) is 5.91 Å². The van der Waals surface area contributed by atoms with Gasteiger partial charge in [0.1, 0.15) is 17.3 Å². The van der Waals surface area contributed by atoms with Crippen molar-refractivity contribution in [3.05, 3.63) is 48.2 Å². The first-order chi connectivity index (χ1) is 18.2. The number of rotatable bonds is 9. The number of nitrogens with one attached hydrogen (secondary N) is 2. The van der Waals surface area contributed by atoms with Crippen LogP contribution in [0.4, 0.5) is 10.3 Å². The standard InChI is InChI=1S/C26H29FN6O5/c1-3-11-29-24-30-12-10-18(31-24)20-19(15-4-6-16(27)7-5-15)32-22(33-20)26(21(28)34)36-13-25(2,14-37-26)23(35)38-17-8-9-17/h4-7,10,12,17H,3,8-9,11,13-14H2,1-2H3,(H2,28,34)(H,32,33)(H,29,30,31). The number of aromatic nitrogens is 4. The van der Waals surface area contributed by atoms with E-state index in [1.54, 1.807) is 31.3 Å². The zero-order valence-corrected chi connectivity index (χ0v) is 21.1. The molecule has 1 saturated heterocycles. The number of halogens is 1. The number of hydrogen-bond acceptors (Lipinski definition) is 9. The third-order valence-electron chi connectivity index (χ3n) is 6.38. The highest BCUT2D eigenvalue weighted by Crippen LogP contribution is 2.40. The number of nitrogens with zero attached hydrogens (tertiary/aromatic N) is 3. The van der Waals surface area contributed by atoms with Gasteiger partial charge in [-0.05, 0) is 56.5 Å². The molecule has 12 heteroatoms. The molecule has 2 aliphatic rings. The van der Waals surface area contributed by atoms with E-state index in [9.17, 15) is 14.0 Å². The summed E-state index contributed by atoms with van der Waals surface area (Å²) in [5, 5.41) is 3.13. The van der Waals surface area contributed by atoms with Crippen LogP contribution < -0.4 is 11.1 Å². The first-order valence-corrected chi connectivity index (χ1v) is 12.5. The van der Waals surface area contributed by atoms with Crippen LogP contribution in [-0.4, -0.2) is 57.7 Å². The molecule has 0 bridgehead atoms. The SMILES string of the molecule is CCCNc1nccc(-c2[nH]c(C3(C(N)=O)OCC(C)(C(=O)OC4CC4)CO3)nc2-c2ccc(F)cc2)n1. The Morgan fingerprint density at radius 1 is 1.18 bits per heavy atom. The van der Waals surface area contributed by atoms with Gasteiger partial charge in [-0.2, -0.15) is 0 Å². The lowest BCUT2D eigenvalue weighted by molar-refractivity contribution is -0.293. The lowest BCUT2D eigenvalue weighted by Gasteiger charge is -2.40. The van der Waals surface area contributed by atoms with Crippen LogP contribution in [0, 0.1) is 11.2 Å². The van der Waals surface area contributed by atoms with E-state index in [4.69, 9.17) is 19.9 Å². The summed E-state index contributed by atoms with van der Waals surface area (Å²) in [4.78, 5) is 42.0. The molecule has 1 saturated carbocycles. The summed E-state index contributed by atoms with van der Waals surface area (Å²) in [5.41, 5.74) is 6.46. The van der Waals surface area contributed by atoms with Crippen LogP contribution in [0.5, 0.6) is 0 Å². The minimum absolute atomic E-state index is 0.0291. The molecule has 38 heavy (non-hydrogen) atoms. The number of anilines is 1. The van der Waals surface area contributed by atoms with Crippen molar-refractivity contribution in [3.63, 3.8) is 0 Å². The summed E-state index contributed by atoms with van der Waals surface area (Å²) in [6, 6.07) is 7.39. The van der Waals surface area contributed by atoms with Crippen molar-refractivity contribution in [2.75, 3.05) is 25.1 Å². The van der Waals surface area contributed by atoms with Crippen molar-refractivity contribution in [1.82, 2.24) is 19.9 Å². The number of primary amides is 1. The van der Waals surface area contributed by atoms with Gasteiger partial charge < -0.3 is 30.2 Å². The van der Waals surface area contributed by atoms with E-state index >= 15 is 0 Å². The minimum atomic E-state index is -2.09. The minimum Gasteiger partial charge on any atom is -0.462 e. The fourth-order valence-corrected chi connectivity index (χ4v) is 3.95. The number of esters is 1. The van der Waals surface area contributed by atoms with Gasteiger partial charge in [-0.25, -0.2) is 19.3 Å². The molecule has 0 unspecified atom stereocenters.